The number of aromatic nitrogens is 2. The van der Waals surface area contributed by atoms with Gasteiger partial charge < -0.3 is 9.80 Å². The van der Waals surface area contributed by atoms with E-state index in [4.69, 9.17) is 0 Å². The summed E-state index contributed by atoms with van der Waals surface area (Å²) < 4.78 is 15.5. The maximum atomic E-state index is 14.2. The van der Waals surface area contributed by atoms with Gasteiger partial charge in [-0.1, -0.05) is 37.5 Å². The molecular weight excluding hydrogens is 463 g/mol. The van der Waals surface area contributed by atoms with E-state index in [1.54, 1.807) is 29.2 Å². The molecule has 0 spiro atoms. The van der Waals surface area contributed by atoms with Gasteiger partial charge >= 0.3 is 5.69 Å². The van der Waals surface area contributed by atoms with Crippen molar-refractivity contribution in [2.45, 2.75) is 38.6 Å². The first-order valence-corrected chi connectivity index (χ1v) is 12.5. The number of nitrogens with one attached hydrogen (secondary N) is 1. The summed E-state index contributed by atoms with van der Waals surface area (Å²) in [4.78, 5) is 56.5. The first-order valence-electron chi connectivity index (χ1n) is 12.5. The van der Waals surface area contributed by atoms with Crippen molar-refractivity contribution in [3.05, 3.63) is 80.2 Å². The SMILES string of the molecule is O=C(c1cccc(Cn2c(=O)[nH]c(=O)c3c(F)cccc32)c1)N1CCN(C(=O)C2CCCCC2)CC1. The summed E-state index contributed by atoms with van der Waals surface area (Å²) in [6.45, 7) is 2.09. The Morgan fingerprint density at radius 2 is 1.61 bits per heavy atom. The molecule has 1 aromatic heterocycles. The van der Waals surface area contributed by atoms with E-state index >= 15 is 0 Å². The molecule has 2 amide bonds. The predicted octanol–water partition coefficient (Wildman–Crippen LogP) is 2.74. The van der Waals surface area contributed by atoms with Crippen LogP contribution in [0.25, 0.3) is 10.9 Å². The Kier molecular flexibility index (Phi) is 6.71. The number of fused-ring (bicyclic) bond motifs is 1. The fourth-order valence-electron chi connectivity index (χ4n) is 5.36. The van der Waals surface area contributed by atoms with Crippen molar-refractivity contribution in [3.63, 3.8) is 0 Å². The quantitative estimate of drug-likeness (QED) is 0.606. The maximum Gasteiger partial charge on any atom is 0.329 e. The Balaban J connectivity index is 1.30. The molecular formula is C27H29FN4O4. The lowest BCUT2D eigenvalue weighted by molar-refractivity contribution is -0.138. The summed E-state index contributed by atoms with van der Waals surface area (Å²) in [5, 5.41) is -0.176. The molecule has 8 nitrogen and oxygen atoms in total. The molecule has 2 heterocycles. The fraction of sp³-hybridized carbons (Fsp3) is 0.407. The summed E-state index contributed by atoms with van der Waals surface area (Å²) in [5.74, 6) is -0.490. The molecule has 0 radical (unpaired) electrons. The van der Waals surface area contributed by atoms with Gasteiger partial charge in [-0.3, -0.25) is 23.9 Å². The topological polar surface area (TPSA) is 95.5 Å². The van der Waals surface area contributed by atoms with Crippen LogP contribution in [0.1, 0.15) is 48.0 Å². The molecule has 1 aliphatic heterocycles. The zero-order valence-corrected chi connectivity index (χ0v) is 20.0. The third-order valence-corrected chi connectivity index (χ3v) is 7.32. The van der Waals surface area contributed by atoms with Crippen molar-refractivity contribution in [2.75, 3.05) is 26.2 Å². The largest absolute Gasteiger partial charge is 0.339 e. The number of piperazine rings is 1. The van der Waals surface area contributed by atoms with Gasteiger partial charge in [-0.2, -0.15) is 0 Å². The van der Waals surface area contributed by atoms with Gasteiger partial charge in [-0.05, 0) is 42.7 Å². The van der Waals surface area contributed by atoms with Gasteiger partial charge in [0.25, 0.3) is 11.5 Å². The molecule has 3 aromatic rings. The number of hydrogen-bond donors (Lipinski definition) is 1. The number of hydrogen-bond acceptors (Lipinski definition) is 4. The highest BCUT2D eigenvalue weighted by molar-refractivity contribution is 5.94. The van der Waals surface area contributed by atoms with E-state index in [1.165, 1.54) is 29.2 Å². The van der Waals surface area contributed by atoms with Gasteiger partial charge in [-0.15, -0.1) is 0 Å². The van der Waals surface area contributed by atoms with Crippen LogP contribution < -0.4 is 11.2 Å². The van der Waals surface area contributed by atoms with Crippen LogP contribution in [0.2, 0.25) is 0 Å². The minimum atomic E-state index is -0.769. The van der Waals surface area contributed by atoms with E-state index in [0.717, 1.165) is 25.7 Å². The molecule has 1 aliphatic carbocycles. The number of amides is 2. The highest BCUT2D eigenvalue weighted by atomic mass is 19.1. The Morgan fingerprint density at radius 3 is 2.36 bits per heavy atom. The summed E-state index contributed by atoms with van der Waals surface area (Å²) in [6, 6.07) is 11.1. The van der Waals surface area contributed by atoms with Crippen LogP contribution in [0.15, 0.2) is 52.1 Å². The van der Waals surface area contributed by atoms with Crippen molar-refractivity contribution < 1.29 is 14.0 Å². The molecule has 2 aliphatic rings. The molecule has 36 heavy (non-hydrogen) atoms. The molecule has 1 N–H and O–H groups in total. The van der Waals surface area contributed by atoms with Crippen molar-refractivity contribution in [2.24, 2.45) is 5.92 Å². The zero-order chi connectivity index (χ0) is 25.2. The van der Waals surface area contributed by atoms with Gasteiger partial charge in [0.15, 0.2) is 0 Å². The monoisotopic (exact) mass is 492 g/mol. The molecule has 188 valence electrons. The Bertz CT molecular complexity index is 1420. The third kappa shape index (κ3) is 4.69. The second-order valence-corrected chi connectivity index (χ2v) is 9.63. The lowest BCUT2D eigenvalue weighted by Crippen LogP contribution is -2.52. The average molecular weight is 493 g/mol. The Morgan fingerprint density at radius 1 is 0.917 bits per heavy atom. The number of carbonyl (C=O) groups is 2. The predicted molar refractivity (Wildman–Crippen MR) is 133 cm³/mol. The fourth-order valence-corrected chi connectivity index (χ4v) is 5.36. The normalized spacial score (nSPS) is 16.9. The van der Waals surface area contributed by atoms with E-state index in [0.29, 0.717) is 37.3 Å². The van der Waals surface area contributed by atoms with Crippen LogP contribution in [0.4, 0.5) is 4.39 Å². The minimum Gasteiger partial charge on any atom is -0.339 e. The lowest BCUT2D eigenvalue weighted by Gasteiger charge is -2.37. The molecule has 1 saturated carbocycles. The molecule has 0 unspecified atom stereocenters. The molecule has 2 fully saturated rings. The van der Waals surface area contributed by atoms with Crippen LogP contribution in [0, 0.1) is 11.7 Å². The minimum absolute atomic E-state index is 0.0698. The van der Waals surface area contributed by atoms with Crippen molar-refractivity contribution in [1.29, 1.82) is 0 Å². The number of halogens is 1. The molecule has 0 bridgehead atoms. The van der Waals surface area contributed by atoms with E-state index in [-0.39, 0.29) is 35.2 Å². The number of rotatable bonds is 4. The Labute approximate surface area is 207 Å². The van der Waals surface area contributed by atoms with Crippen LogP contribution in [0.3, 0.4) is 0 Å². The number of H-pyrrole nitrogens is 1. The van der Waals surface area contributed by atoms with Crippen molar-refractivity contribution in [1.82, 2.24) is 19.4 Å². The lowest BCUT2D eigenvalue weighted by atomic mass is 9.88. The summed E-state index contributed by atoms with van der Waals surface area (Å²) >= 11 is 0. The van der Waals surface area contributed by atoms with Crippen molar-refractivity contribution >= 4 is 22.7 Å². The van der Waals surface area contributed by atoms with Gasteiger partial charge in [-0.25, -0.2) is 9.18 Å². The van der Waals surface area contributed by atoms with Crippen LogP contribution in [-0.4, -0.2) is 57.3 Å². The van der Waals surface area contributed by atoms with E-state index < -0.39 is 17.1 Å². The number of aromatic amines is 1. The molecule has 0 atom stereocenters. The molecule has 9 heteroatoms. The summed E-state index contributed by atoms with van der Waals surface area (Å²) in [6.07, 6.45) is 5.35. The average Bonchev–Trinajstić information content (AvgIpc) is 2.91. The van der Waals surface area contributed by atoms with Crippen LogP contribution >= 0.6 is 0 Å². The zero-order valence-electron chi connectivity index (χ0n) is 20.0. The van der Waals surface area contributed by atoms with E-state index in [1.807, 2.05) is 4.90 Å². The van der Waals surface area contributed by atoms with Gasteiger partial charge in [0, 0.05) is 37.7 Å². The number of nitrogens with zero attached hydrogens (tertiary/aromatic N) is 3. The van der Waals surface area contributed by atoms with Crippen LogP contribution in [-0.2, 0) is 11.3 Å². The Hall–Kier alpha value is -3.75. The maximum absolute atomic E-state index is 14.2. The summed E-state index contributed by atoms with van der Waals surface area (Å²) in [5.41, 5.74) is -0.0682. The van der Waals surface area contributed by atoms with Gasteiger partial charge in [0.1, 0.15) is 5.82 Å². The first-order chi connectivity index (χ1) is 17.4. The molecule has 5 rings (SSSR count). The smallest absolute Gasteiger partial charge is 0.329 e. The molecule has 2 aromatic carbocycles. The van der Waals surface area contributed by atoms with Crippen molar-refractivity contribution in [3.8, 4) is 0 Å². The second kappa shape index (κ2) is 10.1. The standard InChI is InChI=1S/C27H29FN4O4/c28-21-10-5-11-22-23(21)24(33)29-27(36)32(22)17-18-6-4-9-20(16-18)26(35)31-14-12-30(13-15-31)25(34)19-7-2-1-3-8-19/h4-6,9-11,16,19H,1-3,7-8,12-15,17H2,(H,29,33,36). The molecule has 1 saturated heterocycles. The number of benzene rings is 2. The van der Waals surface area contributed by atoms with Gasteiger partial charge in [0.2, 0.25) is 5.91 Å². The highest BCUT2D eigenvalue weighted by Gasteiger charge is 2.30. The van der Waals surface area contributed by atoms with E-state index in [2.05, 4.69) is 4.98 Å². The van der Waals surface area contributed by atoms with Gasteiger partial charge in [0.05, 0.1) is 17.4 Å². The first kappa shape index (κ1) is 24.0. The second-order valence-electron chi connectivity index (χ2n) is 9.63. The van der Waals surface area contributed by atoms with E-state index in [9.17, 15) is 23.6 Å². The van der Waals surface area contributed by atoms with Crippen LogP contribution in [0.5, 0.6) is 0 Å². The third-order valence-electron chi connectivity index (χ3n) is 7.32. The number of carbonyl (C=O) groups excluding carboxylic acids is 2. The summed E-state index contributed by atoms with van der Waals surface area (Å²) in [7, 11) is 0. The highest BCUT2D eigenvalue weighted by Crippen LogP contribution is 2.26.